The molecule has 5 aromatic rings. The van der Waals surface area contributed by atoms with Crippen molar-refractivity contribution in [2.24, 2.45) is 0 Å². The third-order valence-corrected chi connectivity index (χ3v) is 6.07. The van der Waals surface area contributed by atoms with Gasteiger partial charge < -0.3 is 19.8 Å². The summed E-state index contributed by atoms with van der Waals surface area (Å²) in [5, 5.41) is 11.0. The first-order valence-electron chi connectivity index (χ1n) is 10.8. The predicted octanol–water partition coefficient (Wildman–Crippen LogP) is 3.67. The van der Waals surface area contributed by atoms with Crippen molar-refractivity contribution in [2.75, 3.05) is 19.9 Å². The molecule has 0 fully saturated rings. The lowest BCUT2D eigenvalue weighted by molar-refractivity contribution is 0.174. The fraction of sp³-hybridized carbons (Fsp3) is 0.167. The van der Waals surface area contributed by atoms with Crippen LogP contribution in [0.3, 0.4) is 0 Å². The molecule has 9 heteroatoms. The molecule has 162 valence electrons. The van der Waals surface area contributed by atoms with Gasteiger partial charge in [-0.25, -0.2) is 9.97 Å². The van der Waals surface area contributed by atoms with Crippen LogP contribution in [0.5, 0.6) is 11.5 Å². The second-order valence-electron chi connectivity index (χ2n) is 8.06. The van der Waals surface area contributed by atoms with E-state index >= 15 is 0 Å². The molecule has 0 saturated carbocycles. The van der Waals surface area contributed by atoms with E-state index in [-0.39, 0.29) is 6.79 Å². The molecule has 33 heavy (non-hydrogen) atoms. The van der Waals surface area contributed by atoms with Gasteiger partial charge in [-0.1, -0.05) is 6.08 Å². The molecule has 3 N–H and O–H groups in total. The quantitative estimate of drug-likeness (QED) is 0.395. The maximum absolute atomic E-state index is 5.54. The van der Waals surface area contributed by atoms with Gasteiger partial charge in [0.25, 0.3) is 0 Å². The molecule has 0 atom stereocenters. The number of nitrogens with one attached hydrogen (secondary N) is 3. The Balaban J connectivity index is 1.35. The van der Waals surface area contributed by atoms with Gasteiger partial charge in [-0.05, 0) is 54.9 Å². The molecule has 1 aromatic carbocycles. The number of aromatic nitrogens is 6. The van der Waals surface area contributed by atoms with E-state index in [1.54, 1.807) is 6.20 Å². The minimum atomic E-state index is 0.234. The number of imidazole rings is 1. The predicted molar refractivity (Wildman–Crippen MR) is 124 cm³/mol. The van der Waals surface area contributed by atoms with Crippen LogP contribution < -0.4 is 14.8 Å². The van der Waals surface area contributed by atoms with E-state index in [0.29, 0.717) is 17.3 Å². The lowest BCUT2D eigenvalue weighted by atomic mass is 10.1. The van der Waals surface area contributed by atoms with Gasteiger partial charge in [0.2, 0.25) is 6.79 Å². The molecule has 0 amide bonds. The molecule has 0 unspecified atom stereocenters. The van der Waals surface area contributed by atoms with Crippen molar-refractivity contribution < 1.29 is 9.47 Å². The van der Waals surface area contributed by atoms with Crippen LogP contribution in [0.1, 0.15) is 12.1 Å². The minimum absolute atomic E-state index is 0.234. The molecule has 0 aliphatic carbocycles. The van der Waals surface area contributed by atoms with Crippen LogP contribution in [0.2, 0.25) is 0 Å². The number of rotatable bonds is 3. The van der Waals surface area contributed by atoms with Crippen LogP contribution in [0.25, 0.3) is 50.4 Å². The van der Waals surface area contributed by atoms with Gasteiger partial charge in [-0.2, -0.15) is 5.10 Å². The highest BCUT2D eigenvalue weighted by molar-refractivity contribution is 5.95. The molecule has 9 nitrogen and oxygen atoms in total. The first-order valence-corrected chi connectivity index (χ1v) is 10.8. The molecule has 2 aliphatic rings. The SMILES string of the molecule is C1=C(c2ccc3[nH]nc(-c4nc5c(-c6ccc7c(c6)OCO7)nccc5[nH]4)c3n2)CCNC1. The van der Waals surface area contributed by atoms with Crippen LogP contribution in [0.4, 0.5) is 0 Å². The molecule has 0 bridgehead atoms. The van der Waals surface area contributed by atoms with Gasteiger partial charge in [-0.3, -0.25) is 10.1 Å². The maximum atomic E-state index is 5.54. The summed E-state index contributed by atoms with van der Waals surface area (Å²) in [4.78, 5) is 17.8. The summed E-state index contributed by atoms with van der Waals surface area (Å²) >= 11 is 0. The monoisotopic (exact) mass is 437 g/mol. The Morgan fingerprint density at radius 2 is 1.82 bits per heavy atom. The smallest absolute Gasteiger partial charge is 0.231 e. The average Bonchev–Trinajstić information content (AvgIpc) is 3.60. The molecule has 6 heterocycles. The standard InChI is InChI=1S/C24H19N7O2/c1-4-18-19(33-12-32-18)11-14(1)20-21-16(7-10-26-20)28-24(29-21)23-22-17(30-31-23)3-2-15(27-22)13-5-8-25-9-6-13/h1-5,7,10-11,25H,6,8-9,12H2,(H,28,29)(H,30,31). The average molecular weight is 437 g/mol. The minimum Gasteiger partial charge on any atom is -0.454 e. The highest BCUT2D eigenvalue weighted by Gasteiger charge is 2.20. The number of aromatic amines is 2. The second-order valence-corrected chi connectivity index (χ2v) is 8.06. The summed E-state index contributed by atoms with van der Waals surface area (Å²) < 4.78 is 11.0. The number of nitrogens with zero attached hydrogens (tertiary/aromatic N) is 4. The van der Waals surface area contributed by atoms with Gasteiger partial charge in [0.05, 0.1) is 22.4 Å². The number of benzene rings is 1. The van der Waals surface area contributed by atoms with Gasteiger partial charge in [0, 0.05) is 18.3 Å². The molecule has 0 spiro atoms. The molecule has 7 rings (SSSR count). The van der Waals surface area contributed by atoms with Crippen molar-refractivity contribution in [3.8, 4) is 34.3 Å². The van der Waals surface area contributed by atoms with Crippen molar-refractivity contribution >= 4 is 27.6 Å². The summed E-state index contributed by atoms with van der Waals surface area (Å²) in [6, 6.07) is 11.8. The van der Waals surface area contributed by atoms with Crippen molar-refractivity contribution in [1.29, 1.82) is 0 Å². The number of fused-ring (bicyclic) bond motifs is 3. The Morgan fingerprint density at radius 3 is 2.76 bits per heavy atom. The van der Waals surface area contributed by atoms with Crippen LogP contribution >= 0.6 is 0 Å². The number of pyridine rings is 2. The van der Waals surface area contributed by atoms with Gasteiger partial charge in [-0.15, -0.1) is 0 Å². The summed E-state index contributed by atoms with van der Waals surface area (Å²) in [7, 11) is 0. The molecule has 4 aromatic heterocycles. The molecule has 0 saturated heterocycles. The van der Waals surface area contributed by atoms with Crippen LogP contribution in [-0.4, -0.2) is 50.0 Å². The Morgan fingerprint density at radius 1 is 0.879 bits per heavy atom. The number of H-pyrrole nitrogens is 2. The first-order chi connectivity index (χ1) is 16.3. The van der Waals surface area contributed by atoms with E-state index < -0.39 is 0 Å². The zero-order chi connectivity index (χ0) is 21.8. The van der Waals surface area contributed by atoms with E-state index in [2.05, 4.69) is 31.6 Å². The highest BCUT2D eigenvalue weighted by atomic mass is 16.7. The lowest BCUT2D eigenvalue weighted by Gasteiger charge is -2.13. The van der Waals surface area contributed by atoms with Gasteiger partial charge in [0.15, 0.2) is 23.0 Å². The first kappa shape index (κ1) is 18.3. The van der Waals surface area contributed by atoms with Crippen molar-refractivity contribution in [3.05, 3.63) is 54.4 Å². The number of hydrogen-bond acceptors (Lipinski definition) is 7. The van der Waals surface area contributed by atoms with Crippen molar-refractivity contribution in [2.45, 2.75) is 6.42 Å². The topological polar surface area (TPSA) is 114 Å². The van der Waals surface area contributed by atoms with E-state index in [1.807, 2.05) is 36.4 Å². The van der Waals surface area contributed by atoms with E-state index in [4.69, 9.17) is 19.4 Å². The third-order valence-electron chi connectivity index (χ3n) is 6.07. The normalized spacial score (nSPS) is 15.3. The van der Waals surface area contributed by atoms with Gasteiger partial charge >= 0.3 is 0 Å². The van der Waals surface area contributed by atoms with Crippen molar-refractivity contribution in [1.82, 2.24) is 35.5 Å². The maximum Gasteiger partial charge on any atom is 0.231 e. The molecular weight excluding hydrogens is 418 g/mol. The molecular formula is C24H19N7O2. The fourth-order valence-electron chi connectivity index (χ4n) is 4.40. The second kappa shape index (κ2) is 7.14. The summed E-state index contributed by atoms with van der Waals surface area (Å²) in [6.45, 7) is 2.06. The van der Waals surface area contributed by atoms with Crippen molar-refractivity contribution in [3.63, 3.8) is 0 Å². The van der Waals surface area contributed by atoms with E-state index in [1.165, 1.54) is 5.57 Å². The van der Waals surface area contributed by atoms with Gasteiger partial charge in [0.1, 0.15) is 11.0 Å². The Labute approximate surface area is 187 Å². The van der Waals surface area contributed by atoms with E-state index in [9.17, 15) is 0 Å². The zero-order valence-electron chi connectivity index (χ0n) is 17.6. The summed E-state index contributed by atoms with van der Waals surface area (Å²) in [5.41, 5.74) is 7.90. The van der Waals surface area contributed by atoms with Crippen LogP contribution in [-0.2, 0) is 0 Å². The Bertz CT molecular complexity index is 1570. The van der Waals surface area contributed by atoms with E-state index in [0.717, 1.165) is 64.3 Å². The lowest BCUT2D eigenvalue weighted by Crippen LogP contribution is -2.20. The van der Waals surface area contributed by atoms with Crippen LogP contribution in [0, 0.1) is 0 Å². The fourth-order valence-corrected chi connectivity index (χ4v) is 4.40. The summed E-state index contributed by atoms with van der Waals surface area (Å²) in [6.07, 6.45) is 4.93. The summed E-state index contributed by atoms with van der Waals surface area (Å²) in [5.74, 6) is 2.10. The number of ether oxygens (including phenoxy) is 2. The highest BCUT2D eigenvalue weighted by Crippen LogP contribution is 2.37. The molecule has 0 radical (unpaired) electrons. The Kier molecular flexibility index (Phi) is 3.97. The Hall–Kier alpha value is -4.24. The zero-order valence-corrected chi connectivity index (χ0v) is 17.6. The number of hydrogen-bond donors (Lipinski definition) is 3. The van der Waals surface area contributed by atoms with Crippen LogP contribution in [0.15, 0.2) is 48.7 Å². The molecule has 2 aliphatic heterocycles. The largest absolute Gasteiger partial charge is 0.454 e. The third kappa shape index (κ3) is 2.97.